The van der Waals surface area contributed by atoms with Gasteiger partial charge in [-0.3, -0.25) is 9.59 Å². The highest BCUT2D eigenvalue weighted by Gasteiger charge is 2.58. The number of urea groups is 1. The maximum Gasteiger partial charge on any atom is 0.332 e. The lowest BCUT2D eigenvalue weighted by Crippen LogP contribution is -2.65. The molecule has 4 unspecified atom stereocenters. The quantitative estimate of drug-likeness (QED) is 0.766. The number of amides is 4. The first-order valence-corrected chi connectivity index (χ1v) is 11.3. The van der Waals surface area contributed by atoms with Crippen molar-refractivity contribution in [1.82, 2.24) is 4.90 Å². The Bertz CT molecular complexity index is 1070. The summed E-state index contributed by atoms with van der Waals surface area (Å²) >= 11 is 0. The Labute approximate surface area is 191 Å². The zero-order valence-corrected chi connectivity index (χ0v) is 18.4. The van der Waals surface area contributed by atoms with E-state index in [4.69, 9.17) is 4.74 Å². The first-order valence-electron chi connectivity index (χ1n) is 11.3. The molecule has 1 N–H and O–H groups in total. The van der Waals surface area contributed by atoms with E-state index in [0.717, 1.165) is 36.1 Å². The normalized spacial score (nSPS) is 26.7. The molecule has 8 heteroatoms. The van der Waals surface area contributed by atoms with Crippen molar-refractivity contribution < 1.29 is 23.5 Å². The molecule has 2 saturated heterocycles. The molecule has 0 radical (unpaired) electrons. The largest absolute Gasteiger partial charge is 0.363 e. The Balaban J connectivity index is 1.45. The molecular formula is C25H26FN3O4. The second-order valence-corrected chi connectivity index (χ2v) is 9.01. The number of fused-ring (bicyclic) bond motifs is 3. The molecule has 33 heavy (non-hydrogen) atoms. The second-order valence-electron chi connectivity index (χ2n) is 9.01. The number of rotatable bonds is 4. The van der Waals surface area contributed by atoms with Gasteiger partial charge in [-0.2, -0.15) is 0 Å². The summed E-state index contributed by atoms with van der Waals surface area (Å²) in [6.45, 7) is 1.76. The fourth-order valence-corrected chi connectivity index (χ4v) is 5.25. The number of nitrogens with one attached hydrogen (secondary N) is 1. The fourth-order valence-electron chi connectivity index (χ4n) is 5.25. The maximum absolute atomic E-state index is 13.6. The van der Waals surface area contributed by atoms with Crippen LogP contribution in [0.15, 0.2) is 48.5 Å². The molecule has 0 bridgehead atoms. The summed E-state index contributed by atoms with van der Waals surface area (Å²) in [5.74, 6) is -1.26. The lowest BCUT2D eigenvalue weighted by Gasteiger charge is -2.42. The van der Waals surface area contributed by atoms with Gasteiger partial charge in [-0.05, 0) is 56.2 Å². The van der Waals surface area contributed by atoms with Gasteiger partial charge in [0.25, 0.3) is 5.91 Å². The summed E-state index contributed by atoms with van der Waals surface area (Å²) in [6.07, 6.45) is 2.74. The van der Waals surface area contributed by atoms with Crippen LogP contribution in [0.4, 0.5) is 20.6 Å². The summed E-state index contributed by atoms with van der Waals surface area (Å²) in [5, 5.41) is 2.84. The molecule has 2 aromatic carbocycles. The zero-order valence-electron chi connectivity index (χ0n) is 18.4. The smallest absolute Gasteiger partial charge is 0.332 e. The molecule has 4 amide bonds. The number of hydrogen-bond acceptors (Lipinski definition) is 4. The number of carbonyl (C=O) groups excluding carboxylic acids is 3. The summed E-state index contributed by atoms with van der Waals surface area (Å²) in [4.78, 5) is 42.3. The van der Waals surface area contributed by atoms with Crippen molar-refractivity contribution in [3.8, 4) is 0 Å². The van der Waals surface area contributed by atoms with Gasteiger partial charge in [0.15, 0.2) is 6.10 Å². The van der Waals surface area contributed by atoms with E-state index in [-0.39, 0.29) is 30.2 Å². The first-order chi connectivity index (χ1) is 15.9. The molecule has 7 nitrogen and oxygen atoms in total. The molecule has 3 fully saturated rings. The molecule has 3 aliphatic rings. The van der Waals surface area contributed by atoms with Gasteiger partial charge in [-0.1, -0.05) is 30.5 Å². The van der Waals surface area contributed by atoms with Crippen LogP contribution in [0.25, 0.3) is 0 Å². The van der Waals surface area contributed by atoms with E-state index in [1.165, 1.54) is 29.2 Å². The average Bonchev–Trinajstić information content (AvgIpc) is 3.19. The number of imide groups is 1. The van der Waals surface area contributed by atoms with E-state index in [0.29, 0.717) is 5.69 Å². The zero-order chi connectivity index (χ0) is 23.1. The highest BCUT2D eigenvalue weighted by atomic mass is 19.1. The van der Waals surface area contributed by atoms with E-state index in [1.54, 1.807) is 12.1 Å². The van der Waals surface area contributed by atoms with Gasteiger partial charge in [0, 0.05) is 11.6 Å². The third-order valence-corrected chi connectivity index (χ3v) is 6.82. The van der Waals surface area contributed by atoms with E-state index in [9.17, 15) is 18.8 Å². The number of benzene rings is 2. The SMILES string of the molecule is Cc1ccc(NC(=O)CN2C(=O)N(c3ccc(F)cc3)C(=O)C3OC4CCCCC4C32)cc1. The monoisotopic (exact) mass is 451 g/mol. The number of carbonyl (C=O) groups is 3. The van der Waals surface area contributed by atoms with Gasteiger partial charge in [0.05, 0.1) is 17.8 Å². The molecule has 4 atom stereocenters. The van der Waals surface area contributed by atoms with Crippen LogP contribution < -0.4 is 10.2 Å². The van der Waals surface area contributed by atoms with Gasteiger partial charge in [0.2, 0.25) is 5.91 Å². The van der Waals surface area contributed by atoms with Crippen LogP contribution >= 0.6 is 0 Å². The van der Waals surface area contributed by atoms with Gasteiger partial charge < -0.3 is 15.0 Å². The predicted octanol–water partition coefficient (Wildman–Crippen LogP) is 3.87. The van der Waals surface area contributed by atoms with Crippen LogP contribution in [0.3, 0.4) is 0 Å². The van der Waals surface area contributed by atoms with Crippen molar-refractivity contribution in [3.63, 3.8) is 0 Å². The van der Waals surface area contributed by atoms with Crippen molar-refractivity contribution in [2.75, 3.05) is 16.8 Å². The summed E-state index contributed by atoms with van der Waals surface area (Å²) in [6, 6.07) is 11.5. The summed E-state index contributed by atoms with van der Waals surface area (Å²) in [7, 11) is 0. The van der Waals surface area contributed by atoms with Crippen LogP contribution in [0, 0.1) is 18.7 Å². The molecule has 0 aromatic heterocycles. The third kappa shape index (κ3) is 3.99. The topological polar surface area (TPSA) is 79.0 Å². The minimum atomic E-state index is -0.840. The Morgan fingerprint density at radius 3 is 2.48 bits per heavy atom. The minimum absolute atomic E-state index is 0.0131. The number of anilines is 2. The number of ether oxygens (including phenoxy) is 1. The minimum Gasteiger partial charge on any atom is -0.363 e. The molecule has 2 aliphatic heterocycles. The molecule has 2 heterocycles. The van der Waals surface area contributed by atoms with Crippen LogP contribution in [0.2, 0.25) is 0 Å². The highest BCUT2D eigenvalue weighted by molar-refractivity contribution is 6.18. The lowest BCUT2D eigenvalue weighted by molar-refractivity contribution is -0.133. The summed E-state index contributed by atoms with van der Waals surface area (Å²) < 4.78 is 19.6. The van der Waals surface area contributed by atoms with Crippen molar-refractivity contribution in [2.24, 2.45) is 5.92 Å². The summed E-state index contributed by atoms with van der Waals surface area (Å²) in [5.41, 5.74) is 1.96. The first kappa shape index (κ1) is 21.6. The van der Waals surface area contributed by atoms with E-state index in [2.05, 4.69) is 5.32 Å². The van der Waals surface area contributed by atoms with Crippen molar-refractivity contribution in [3.05, 3.63) is 59.9 Å². The van der Waals surface area contributed by atoms with Crippen molar-refractivity contribution in [2.45, 2.75) is 50.9 Å². The predicted molar refractivity (Wildman–Crippen MR) is 120 cm³/mol. The Hall–Kier alpha value is -3.26. The van der Waals surface area contributed by atoms with Gasteiger partial charge in [0.1, 0.15) is 12.4 Å². The average molecular weight is 451 g/mol. The molecule has 5 rings (SSSR count). The third-order valence-electron chi connectivity index (χ3n) is 6.82. The number of nitrogens with zero attached hydrogens (tertiary/aromatic N) is 2. The highest BCUT2D eigenvalue weighted by Crippen LogP contribution is 2.43. The number of hydrogen-bond donors (Lipinski definition) is 1. The van der Waals surface area contributed by atoms with Crippen LogP contribution in [0.1, 0.15) is 31.2 Å². The molecule has 172 valence electrons. The van der Waals surface area contributed by atoms with Gasteiger partial charge in [-0.25, -0.2) is 14.1 Å². The van der Waals surface area contributed by atoms with Gasteiger partial charge in [-0.15, -0.1) is 0 Å². The molecule has 0 spiro atoms. The van der Waals surface area contributed by atoms with E-state index < -0.39 is 29.9 Å². The van der Waals surface area contributed by atoms with Gasteiger partial charge >= 0.3 is 6.03 Å². The Morgan fingerprint density at radius 2 is 1.76 bits per heavy atom. The Kier molecular flexibility index (Phi) is 5.62. The van der Waals surface area contributed by atoms with Crippen LogP contribution in [-0.2, 0) is 14.3 Å². The molecular weight excluding hydrogens is 425 g/mol. The second kappa shape index (κ2) is 8.59. The van der Waals surface area contributed by atoms with Crippen LogP contribution in [-0.4, -0.2) is 47.5 Å². The van der Waals surface area contributed by atoms with E-state index >= 15 is 0 Å². The maximum atomic E-state index is 13.6. The molecule has 2 aromatic rings. The molecule has 1 saturated carbocycles. The molecule has 1 aliphatic carbocycles. The van der Waals surface area contributed by atoms with Crippen LogP contribution in [0.5, 0.6) is 0 Å². The Morgan fingerprint density at radius 1 is 1.06 bits per heavy atom. The number of aryl methyl sites for hydroxylation is 1. The van der Waals surface area contributed by atoms with Crippen molar-refractivity contribution in [1.29, 1.82) is 0 Å². The number of halogens is 1. The standard InChI is InChI=1S/C25H26FN3O4/c1-15-6-10-17(11-7-15)27-21(30)14-28-22-19-4-2-3-5-20(19)33-23(22)24(31)29(25(28)32)18-12-8-16(26)9-13-18/h6-13,19-20,22-23H,2-5,14H2,1H3,(H,27,30). The fraction of sp³-hybridized carbons (Fsp3) is 0.400. The van der Waals surface area contributed by atoms with E-state index in [1.807, 2.05) is 19.1 Å². The van der Waals surface area contributed by atoms with Crippen molar-refractivity contribution >= 4 is 29.2 Å². The lowest BCUT2D eigenvalue weighted by atomic mass is 9.81.